The lowest BCUT2D eigenvalue weighted by atomic mass is 9.97. The zero-order valence-corrected chi connectivity index (χ0v) is 7.33. The van der Waals surface area contributed by atoms with E-state index in [1.807, 2.05) is 18.2 Å². The molecule has 62 valence electrons. The molecule has 0 aliphatic rings. The van der Waals surface area contributed by atoms with Crippen molar-refractivity contribution >= 4 is 7.85 Å². The van der Waals surface area contributed by atoms with Gasteiger partial charge >= 0.3 is 0 Å². The van der Waals surface area contributed by atoms with Crippen LogP contribution in [0.4, 0.5) is 0 Å². The van der Waals surface area contributed by atoms with E-state index in [0.29, 0.717) is 6.32 Å². The summed E-state index contributed by atoms with van der Waals surface area (Å²) in [7, 11) is 8.69. The first-order valence-electron chi connectivity index (χ1n) is 3.72. The first kappa shape index (κ1) is 8.98. The van der Waals surface area contributed by atoms with Crippen molar-refractivity contribution in [3.63, 3.8) is 0 Å². The van der Waals surface area contributed by atoms with Crippen LogP contribution >= 0.6 is 0 Å². The van der Waals surface area contributed by atoms with Crippen LogP contribution in [-0.2, 0) is 6.32 Å². The van der Waals surface area contributed by atoms with Gasteiger partial charge in [0.05, 0.1) is 22.1 Å². The summed E-state index contributed by atoms with van der Waals surface area (Å²) in [5, 5.41) is 0. The molecule has 1 aromatic rings. The van der Waals surface area contributed by atoms with Crippen LogP contribution in [-0.4, -0.2) is 22.1 Å². The molecule has 2 radical (unpaired) electrons. The fraction of sp³-hybridized carbons (Fsp3) is 0.333. The number of rotatable bonds is 3. The molecule has 2 nitrogen and oxygen atoms in total. The van der Waals surface area contributed by atoms with Gasteiger partial charge < -0.3 is 9.47 Å². The lowest BCUT2D eigenvalue weighted by molar-refractivity contribution is 0.354. The molecule has 1 aromatic carbocycles. The molecule has 0 unspecified atom stereocenters. The van der Waals surface area contributed by atoms with Crippen LogP contribution in [0.5, 0.6) is 11.5 Å². The Balaban J connectivity index is 3.02. The Morgan fingerprint density at radius 1 is 1.17 bits per heavy atom. The third-order valence-corrected chi connectivity index (χ3v) is 1.68. The van der Waals surface area contributed by atoms with E-state index in [1.165, 1.54) is 0 Å². The quantitative estimate of drug-likeness (QED) is 0.625. The Hall–Kier alpha value is -1.12. The zero-order chi connectivity index (χ0) is 8.97. The molecule has 0 saturated carbocycles. The van der Waals surface area contributed by atoms with Crippen molar-refractivity contribution in [2.45, 2.75) is 6.32 Å². The summed E-state index contributed by atoms with van der Waals surface area (Å²) in [6.07, 6.45) is 0.514. The highest BCUT2D eigenvalue weighted by atomic mass is 16.5. The number of hydrogen-bond donors (Lipinski definition) is 0. The fourth-order valence-electron chi connectivity index (χ4n) is 1.01. The van der Waals surface area contributed by atoms with Crippen LogP contribution in [0.3, 0.4) is 0 Å². The Kier molecular flexibility index (Phi) is 3.03. The maximum absolute atomic E-state index is 5.47. The van der Waals surface area contributed by atoms with E-state index in [0.717, 1.165) is 17.1 Å². The highest BCUT2D eigenvalue weighted by Gasteiger charge is 2.02. The molecule has 0 amide bonds. The highest BCUT2D eigenvalue weighted by Crippen LogP contribution is 2.27. The molecule has 1 rings (SSSR count). The molecule has 0 bridgehead atoms. The van der Waals surface area contributed by atoms with Crippen molar-refractivity contribution in [2.24, 2.45) is 0 Å². The first-order valence-corrected chi connectivity index (χ1v) is 3.72. The van der Waals surface area contributed by atoms with Crippen LogP contribution in [0.1, 0.15) is 5.56 Å². The minimum Gasteiger partial charge on any atom is -0.493 e. The second-order valence-electron chi connectivity index (χ2n) is 2.39. The van der Waals surface area contributed by atoms with Gasteiger partial charge in [-0.15, -0.1) is 0 Å². The summed E-state index contributed by atoms with van der Waals surface area (Å²) in [5.41, 5.74) is 1.03. The molecule has 12 heavy (non-hydrogen) atoms. The lowest BCUT2D eigenvalue weighted by Gasteiger charge is -2.08. The van der Waals surface area contributed by atoms with Crippen molar-refractivity contribution in [1.29, 1.82) is 0 Å². The molecular weight excluding hydrogens is 151 g/mol. The van der Waals surface area contributed by atoms with Gasteiger partial charge in [0.25, 0.3) is 0 Å². The molecule has 0 aliphatic carbocycles. The van der Waals surface area contributed by atoms with Crippen LogP contribution in [0.15, 0.2) is 18.2 Å². The van der Waals surface area contributed by atoms with Crippen LogP contribution in [0.2, 0.25) is 0 Å². The van der Waals surface area contributed by atoms with Crippen LogP contribution < -0.4 is 9.47 Å². The third kappa shape index (κ3) is 1.73. The Morgan fingerprint density at radius 2 is 1.83 bits per heavy atom. The molecule has 0 saturated heterocycles. The molecule has 0 spiro atoms. The second kappa shape index (κ2) is 4.05. The second-order valence-corrected chi connectivity index (χ2v) is 2.39. The van der Waals surface area contributed by atoms with Crippen LogP contribution in [0.25, 0.3) is 0 Å². The summed E-state index contributed by atoms with van der Waals surface area (Å²) >= 11 is 0. The summed E-state index contributed by atoms with van der Waals surface area (Å²) in [4.78, 5) is 0. The van der Waals surface area contributed by atoms with Gasteiger partial charge in [-0.3, -0.25) is 0 Å². The Labute approximate surface area is 73.9 Å². The van der Waals surface area contributed by atoms with E-state index in [9.17, 15) is 0 Å². The SMILES string of the molecule is [B]Cc1ccc(OC)c(OC)c1. The molecule has 0 aliphatic heterocycles. The molecule has 0 heterocycles. The number of methoxy groups -OCH3 is 2. The van der Waals surface area contributed by atoms with E-state index >= 15 is 0 Å². The monoisotopic (exact) mass is 162 g/mol. The summed E-state index contributed by atoms with van der Waals surface area (Å²) in [6.45, 7) is 0. The van der Waals surface area contributed by atoms with Gasteiger partial charge in [-0.2, -0.15) is 0 Å². The van der Waals surface area contributed by atoms with Gasteiger partial charge in [-0.05, 0) is 12.1 Å². The van der Waals surface area contributed by atoms with E-state index in [-0.39, 0.29) is 0 Å². The molecule has 0 N–H and O–H groups in total. The average Bonchev–Trinajstić information content (AvgIpc) is 2.16. The molecule has 0 aromatic heterocycles. The lowest BCUT2D eigenvalue weighted by Crippen LogP contribution is -1.92. The van der Waals surface area contributed by atoms with Crippen molar-refractivity contribution in [2.75, 3.05) is 14.2 Å². The molecule has 0 atom stereocenters. The summed E-state index contributed by atoms with van der Waals surface area (Å²) in [5.74, 6) is 1.45. The number of benzene rings is 1. The van der Waals surface area contributed by atoms with Gasteiger partial charge in [0, 0.05) is 0 Å². The summed E-state index contributed by atoms with van der Waals surface area (Å²) in [6, 6.07) is 5.64. The van der Waals surface area contributed by atoms with Crippen molar-refractivity contribution in [3.05, 3.63) is 23.8 Å². The topological polar surface area (TPSA) is 18.5 Å². The van der Waals surface area contributed by atoms with Crippen molar-refractivity contribution in [1.82, 2.24) is 0 Å². The fourth-order valence-corrected chi connectivity index (χ4v) is 1.01. The van der Waals surface area contributed by atoms with E-state index in [4.69, 9.17) is 17.3 Å². The summed E-state index contributed by atoms with van der Waals surface area (Å²) < 4.78 is 10.2. The van der Waals surface area contributed by atoms with Gasteiger partial charge in [0.15, 0.2) is 11.5 Å². The van der Waals surface area contributed by atoms with Gasteiger partial charge in [0.1, 0.15) is 0 Å². The van der Waals surface area contributed by atoms with Crippen molar-refractivity contribution < 1.29 is 9.47 Å². The number of ether oxygens (including phenoxy) is 2. The normalized spacial score (nSPS) is 9.50. The van der Waals surface area contributed by atoms with Gasteiger partial charge in [-0.25, -0.2) is 0 Å². The van der Waals surface area contributed by atoms with Crippen molar-refractivity contribution in [3.8, 4) is 11.5 Å². The predicted molar refractivity (Wildman–Crippen MR) is 49.0 cm³/mol. The first-order chi connectivity index (χ1) is 5.81. The molecule has 0 fully saturated rings. The maximum Gasteiger partial charge on any atom is 0.160 e. The van der Waals surface area contributed by atoms with Gasteiger partial charge in [0.2, 0.25) is 0 Å². The smallest absolute Gasteiger partial charge is 0.160 e. The minimum atomic E-state index is 0.514. The van der Waals surface area contributed by atoms with Crippen LogP contribution in [0, 0.1) is 0 Å². The molecule has 3 heteroatoms. The third-order valence-electron chi connectivity index (χ3n) is 1.68. The highest BCUT2D eigenvalue weighted by molar-refractivity contribution is 6.08. The predicted octanol–water partition coefficient (Wildman–Crippen LogP) is 1.37. The number of hydrogen-bond acceptors (Lipinski definition) is 2. The molecular formula is C9H11BO2. The standard InChI is InChI=1S/C9H11BO2/c1-11-8-4-3-7(6-10)5-9(8)12-2/h3-5H,6H2,1-2H3. The van der Waals surface area contributed by atoms with Gasteiger partial charge in [-0.1, -0.05) is 17.9 Å². The Bertz CT molecular complexity index is 261. The Morgan fingerprint density at radius 3 is 2.33 bits per heavy atom. The van der Waals surface area contributed by atoms with E-state index in [1.54, 1.807) is 14.2 Å². The zero-order valence-electron chi connectivity index (χ0n) is 7.33. The minimum absolute atomic E-state index is 0.514. The van der Waals surface area contributed by atoms with E-state index in [2.05, 4.69) is 0 Å². The maximum atomic E-state index is 5.47. The van der Waals surface area contributed by atoms with E-state index < -0.39 is 0 Å². The average molecular weight is 162 g/mol. The largest absolute Gasteiger partial charge is 0.493 e.